The first-order chi connectivity index (χ1) is 22.7. The van der Waals surface area contributed by atoms with E-state index in [0.29, 0.717) is 11.9 Å². The highest BCUT2D eigenvalue weighted by molar-refractivity contribution is 7.57. The lowest BCUT2D eigenvalue weighted by Gasteiger charge is -2.12. The number of carboxylic acid groups (broad SMARTS) is 1. The minimum Gasteiger partial charge on any atom is -0.487 e. The third kappa shape index (κ3) is 16.8. The van der Waals surface area contributed by atoms with Gasteiger partial charge in [-0.25, -0.2) is 0 Å². The van der Waals surface area contributed by atoms with Crippen molar-refractivity contribution in [1.82, 2.24) is 15.0 Å². The standard InChI is InChI=1S/C15H11ClF3NO4.C8H14ClN5.C5H12NO4P/c1-2-23-14-8-10(4-5-12(14)20(21)22)24-13-6-3-9(7-11(13)16)15(17,18)19;1-4-10-7-12-6(9)13-8(14-7)11-5(2)3;1-11(9,10)3-2-4(6)5(7)8/h3-8H,2H2,1H3;5H,4H2,1-3H3,(H2,10,11,12,13,14);4H,2-3,6H2,1H3,(H,7,8)(H,9,10). The molecule has 3 rings (SSSR count). The van der Waals surface area contributed by atoms with Crippen molar-refractivity contribution in [2.45, 2.75) is 52.4 Å². The number of benzene rings is 2. The van der Waals surface area contributed by atoms with Gasteiger partial charge < -0.3 is 35.8 Å². The van der Waals surface area contributed by atoms with Crippen LogP contribution in [0.25, 0.3) is 0 Å². The molecule has 15 nitrogen and oxygen atoms in total. The second-order valence-electron chi connectivity index (χ2n) is 10.2. The van der Waals surface area contributed by atoms with Crippen molar-refractivity contribution in [2.75, 3.05) is 36.6 Å². The number of nitrogens with zero attached hydrogens (tertiary/aromatic N) is 4. The molecule has 0 saturated heterocycles. The average Bonchev–Trinajstić information content (AvgIpc) is 2.96. The Morgan fingerprint density at radius 2 is 1.73 bits per heavy atom. The summed E-state index contributed by atoms with van der Waals surface area (Å²) >= 11 is 11.5. The second-order valence-corrected chi connectivity index (χ2v) is 13.4. The van der Waals surface area contributed by atoms with Crippen LogP contribution in [0.1, 0.15) is 39.7 Å². The van der Waals surface area contributed by atoms with Crippen LogP contribution in [0.2, 0.25) is 10.3 Å². The molecule has 6 N–H and O–H groups in total. The van der Waals surface area contributed by atoms with Crippen molar-refractivity contribution in [2.24, 2.45) is 5.73 Å². The molecule has 1 aromatic heterocycles. The summed E-state index contributed by atoms with van der Waals surface area (Å²) in [7, 11) is -3.10. The van der Waals surface area contributed by atoms with Gasteiger partial charge in [0.05, 0.1) is 22.1 Å². The van der Waals surface area contributed by atoms with Crippen LogP contribution < -0.4 is 25.8 Å². The summed E-state index contributed by atoms with van der Waals surface area (Å²) in [6, 6.07) is 5.63. The highest BCUT2D eigenvalue weighted by atomic mass is 35.5. The predicted molar refractivity (Wildman–Crippen MR) is 179 cm³/mol. The zero-order valence-electron chi connectivity index (χ0n) is 27.0. The fourth-order valence-corrected chi connectivity index (χ4v) is 4.42. The Hall–Kier alpha value is -3.96. The number of carboxylic acids is 1. The summed E-state index contributed by atoms with van der Waals surface area (Å²) in [5, 5.41) is 25.2. The van der Waals surface area contributed by atoms with Crippen LogP contribution in [0.4, 0.5) is 30.8 Å². The number of anilines is 2. The lowest BCUT2D eigenvalue weighted by Crippen LogP contribution is -2.30. The van der Waals surface area contributed by atoms with Crippen LogP contribution in [0.15, 0.2) is 36.4 Å². The van der Waals surface area contributed by atoms with Gasteiger partial charge in [-0.05, 0) is 70.0 Å². The fourth-order valence-electron chi connectivity index (χ4n) is 3.28. The van der Waals surface area contributed by atoms with Gasteiger partial charge in [0.25, 0.3) is 0 Å². The molecule has 3 aromatic rings. The Bertz CT molecular complexity index is 1600. The van der Waals surface area contributed by atoms with E-state index in [1.807, 2.05) is 20.8 Å². The minimum atomic E-state index is -4.52. The van der Waals surface area contributed by atoms with E-state index in [1.54, 1.807) is 6.92 Å². The molecule has 2 unspecified atom stereocenters. The molecular weight excluding hydrogens is 721 g/mol. The van der Waals surface area contributed by atoms with Gasteiger partial charge >= 0.3 is 17.8 Å². The van der Waals surface area contributed by atoms with Gasteiger partial charge in [-0.2, -0.15) is 28.1 Å². The first-order valence-corrected chi connectivity index (χ1v) is 17.4. The predicted octanol–water partition coefficient (Wildman–Crippen LogP) is 6.92. The van der Waals surface area contributed by atoms with E-state index >= 15 is 0 Å². The Kier molecular flexibility index (Phi) is 17.5. The van der Waals surface area contributed by atoms with E-state index in [9.17, 15) is 32.6 Å². The Morgan fingerprint density at radius 3 is 2.22 bits per heavy atom. The molecule has 272 valence electrons. The summed E-state index contributed by atoms with van der Waals surface area (Å²) in [6.07, 6.45) is -4.52. The van der Waals surface area contributed by atoms with Crippen molar-refractivity contribution in [3.05, 3.63) is 62.4 Å². The summed E-state index contributed by atoms with van der Waals surface area (Å²) in [5.74, 6) is -0.0280. The molecular formula is C28H37Cl2F3N7O8P. The molecule has 0 fully saturated rings. The van der Waals surface area contributed by atoms with Gasteiger partial charge in [-0.3, -0.25) is 19.5 Å². The number of ether oxygens (including phenoxy) is 2. The molecule has 1 heterocycles. The summed E-state index contributed by atoms with van der Waals surface area (Å²) in [5.41, 5.74) is 3.94. The quantitative estimate of drug-likeness (QED) is 0.0678. The monoisotopic (exact) mass is 757 g/mol. The maximum Gasteiger partial charge on any atom is 0.416 e. The molecule has 49 heavy (non-hydrogen) atoms. The van der Waals surface area contributed by atoms with Gasteiger partial charge in [0, 0.05) is 37.5 Å². The smallest absolute Gasteiger partial charge is 0.416 e. The molecule has 0 aliphatic carbocycles. The average molecular weight is 759 g/mol. The van der Waals surface area contributed by atoms with Crippen LogP contribution in [0.5, 0.6) is 17.2 Å². The number of aromatic nitrogens is 3. The second kappa shape index (κ2) is 19.9. The highest BCUT2D eigenvalue weighted by Gasteiger charge is 2.31. The number of carbonyl (C=O) groups is 1. The first-order valence-electron chi connectivity index (χ1n) is 14.3. The number of alkyl halides is 3. The molecule has 2 aromatic carbocycles. The van der Waals surface area contributed by atoms with Crippen LogP contribution in [-0.2, 0) is 15.5 Å². The van der Waals surface area contributed by atoms with Gasteiger partial charge in [-0.1, -0.05) is 11.6 Å². The number of hydrogen-bond acceptors (Lipinski definition) is 12. The van der Waals surface area contributed by atoms with Crippen LogP contribution in [0, 0.1) is 10.1 Å². The van der Waals surface area contributed by atoms with Gasteiger partial charge in [0.2, 0.25) is 22.9 Å². The van der Waals surface area contributed by atoms with E-state index in [0.717, 1.165) is 24.7 Å². The van der Waals surface area contributed by atoms with E-state index in [4.69, 9.17) is 48.4 Å². The molecule has 0 bridgehead atoms. The maximum atomic E-state index is 12.6. The summed E-state index contributed by atoms with van der Waals surface area (Å²) in [6.45, 7) is 9.76. The number of nitrogens with two attached hydrogens (primary N) is 1. The third-order valence-electron chi connectivity index (χ3n) is 5.45. The highest BCUT2D eigenvalue weighted by Crippen LogP contribution is 2.38. The largest absolute Gasteiger partial charge is 0.487 e. The molecule has 21 heteroatoms. The number of nitro benzene ring substituents is 1. The molecule has 0 saturated carbocycles. The van der Waals surface area contributed by atoms with E-state index < -0.39 is 36.0 Å². The number of aliphatic carboxylic acids is 1. The SMILES string of the molecule is CCNc1nc(Cl)nc(NC(C)C)n1.CCOc1cc(Oc2ccc(C(F)(F)F)cc2Cl)ccc1[N+](=O)[O-].CP(=O)(O)CCC(N)C(=O)O. The molecule has 0 aliphatic heterocycles. The van der Waals surface area contributed by atoms with E-state index in [2.05, 4.69) is 25.6 Å². The van der Waals surface area contributed by atoms with E-state index in [-0.39, 0.29) is 58.5 Å². The molecule has 0 aliphatic rings. The molecule has 0 radical (unpaired) electrons. The third-order valence-corrected chi connectivity index (χ3v) is 7.00. The van der Waals surface area contributed by atoms with Crippen molar-refractivity contribution in [3.63, 3.8) is 0 Å². The van der Waals surface area contributed by atoms with Crippen molar-refractivity contribution >= 4 is 54.1 Å². The Morgan fingerprint density at radius 1 is 1.10 bits per heavy atom. The zero-order chi connectivity index (χ0) is 37.5. The zero-order valence-corrected chi connectivity index (χ0v) is 29.4. The number of nitrogens with one attached hydrogen (secondary N) is 2. The molecule has 2 atom stereocenters. The Labute approximate surface area is 290 Å². The van der Waals surface area contributed by atoms with Gasteiger partial charge in [0.15, 0.2) is 7.37 Å². The van der Waals surface area contributed by atoms with Crippen LogP contribution >= 0.6 is 30.6 Å². The minimum absolute atomic E-state index is 0.0111. The van der Waals surface area contributed by atoms with Crippen molar-refractivity contribution in [1.29, 1.82) is 0 Å². The van der Waals surface area contributed by atoms with Gasteiger partial charge in [-0.15, -0.1) is 0 Å². The fraction of sp³-hybridized carbons (Fsp3) is 0.429. The lowest BCUT2D eigenvalue weighted by molar-refractivity contribution is -0.385. The number of hydrogen-bond donors (Lipinski definition) is 5. The van der Waals surface area contributed by atoms with Crippen LogP contribution in [0.3, 0.4) is 0 Å². The maximum absolute atomic E-state index is 12.6. The summed E-state index contributed by atoms with van der Waals surface area (Å²) in [4.78, 5) is 41.2. The van der Waals surface area contributed by atoms with Gasteiger partial charge in [0.1, 0.15) is 17.5 Å². The molecule has 0 amide bonds. The number of nitro groups is 1. The summed E-state index contributed by atoms with van der Waals surface area (Å²) < 4.78 is 59.0. The van der Waals surface area contributed by atoms with E-state index in [1.165, 1.54) is 24.9 Å². The lowest BCUT2D eigenvalue weighted by atomic mass is 10.2. The molecule has 0 spiro atoms. The van der Waals surface area contributed by atoms with Crippen molar-refractivity contribution < 1.29 is 46.9 Å². The first kappa shape index (κ1) is 43.1. The van der Waals surface area contributed by atoms with Crippen molar-refractivity contribution in [3.8, 4) is 17.2 Å². The Balaban J connectivity index is 0.000000407. The topological polar surface area (TPSA) is 225 Å². The number of rotatable bonds is 13. The van der Waals surface area contributed by atoms with Crippen LogP contribution in [-0.4, -0.2) is 73.9 Å². The number of halogens is 5. The normalized spacial score (nSPS) is 12.7.